The second-order valence-corrected chi connectivity index (χ2v) is 8.46. The van der Waals surface area contributed by atoms with Crippen LogP contribution in [0.3, 0.4) is 0 Å². The predicted molar refractivity (Wildman–Crippen MR) is 134 cm³/mol. The Morgan fingerprint density at radius 2 is 1.78 bits per heavy atom. The minimum atomic E-state index is -0.978. The third-order valence-electron chi connectivity index (χ3n) is 6.00. The Morgan fingerprint density at radius 1 is 1.03 bits per heavy atom. The van der Waals surface area contributed by atoms with Gasteiger partial charge in [0, 0.05) is 24.2 Å². The maximum Gasteiger partial charge on any atom is 0.295 e. The van der Waals surface area contributed by atoms with Gasteiger partial charge in [-0.2, -0.15) is 0 Å². The normalized spacial score (nSPS) is 16.8. The number of non-ortho nitro benzene ring substituents is 1. The van der Waals surface area contributed by atoms with Crippen LogP contribution < -0.4 is 4.74 Å². The van der Waals surface area contributed by atoms with Gasteiger partial charge in [0.15, 0.2) is 0 Å². The van der Waals surface area contributed by atoms with Crippen LogP contribution in [0.25, 0.3) is 5.76 Å². The summed E-state index contributed by atoms with van der Waals surface area (Å²) in [7, 11) is 0. The van der Waals surface area contributed by atoms with Crippen molar-refractivity contribution in [2.45, 2.75) is 25.8 Å². The lowest BCUT2D eigenvalue weighted by Crippen LogP contribution is -2.31. The number of rotatable bonds is 9. The van der Waals surface area contributed by atoms with Crippen molar-refractivity contribution < 1.29 is 24.4 Å². The van der Waals surface area contributed by atoms with Crippen molar-refractivity contribution in [3.8, 4) is 5.75 Å². The Morgan fingerprint density at radius 3 is 2.50 bits per heavy atom. The lowest BCUT2D eigenvalue weighted by Gasteiger charge is -2.25. The highest BCUT2D eigenvalue weighted by Gasteiger charge is 2.46. The van der Waals surface area contributed by atoms with E-state index in [0.717, 1.165) is 12.0 Å². The summed E-state index contributed by atoms with van der Waals surface area (Å²) in [4.78, 5) is 38.7. The molecule has 184 valence electrons. The van der Waals surface area contributed by atoms with E-state index < -0.39 is 22.7 Å². The monoisotopic (exact) mass is 486 g/mol. The van der Waals surface area contributed by atoms with E-state index in [4.69, 9.17) is 4.74 Å². The molecule has 1 aliphatic rings. The Balaban J connectivity index is 1.80. The molecule has 1 saturated heterocycles. The van der Waals surface area contributed by atoms with E-state index in [0.29, 0.717) is 29.9 Å². The van der Waals surface area contributed by atoms with Crippen LogP contribution in [0.2, 0.25) is 0 Å². The number of ketones is 1. The lowest BCUT2D eigenvalue weighted by atomic mass is 9.94. The van der Waals surface area contributed by atoms with E-state index >= 15 is 0 Å². The number of nitro groups is 1. The molecule has 1 atom stereocenters. The molecule has 1 fully saturated rings. The summed E-state index contributed by atoms with van der Waals surface area (Å²) < 4.78 is 5.65. The molecule has 1 heterocycles. The lowest BCUT2D eigenvalue weighted by molar-refractivity contribution is -0.384. The first kappa shape index (κ1) is 24.7. The van der Waals surface area contributed by atoms with Crippen molar-refractivity contribution in [1.82, 2.24) is 4.90 Å². The van der Waals surface area contributed by atoms with Crippen LogP contribution in [0.1, 0.15) is 36.1 Å². The molecule has 4 rings (SSSR count). The average Bonchev–Trinajstić information content (AvgIpc) is 3.16. The number of Topliss-reactive ketones (excluding diaryl/α,β-unsaturated/α-hetero) is 1. The van der Waals surface area contributed by atoms with Gasteiger partial charge >= 0.3 is 0 Å². The van der Waals surface area contributed by atoms with Crippen LogP contribution in [0.5, 0.6) is 5.75 Å². The minimum Gasteiger partial charge on any atom is -0.507 e. The van der Waals surface area contributed by atoms with Gasteiger partial charge in [-0.15, -0.1) is 0 Å². The van der Waals surface area contributed by atoms with Crippen molar-refractivity contribution in [2.24, 2.45) is 0 Å². The van der Waals surface area contributed by atoms with Gasteiger partial charge in [0.25, 0.3) is 17.4 Å². The van der Waals surface area contributed by atoms with Crippen LogP contribution in [0, 0.1) is 10.1 Å². The van der Waals surface area contributed by atoms with Gasteiger partial charge in [0.2, 0.25) is 0 Å². The van der Waals surface area contributed by atoms with Crippen LogP contribution in [0.15, 0.2) is 84.4 Å². The molecule has 0 aliphatic carbocycles. The molecule has 8 heteroatoms. The van der Waals surface area contributed by atoms with Gasteiger partial charge in [-0.05, 0) is 36.1 Å². The molecule has 1 N–H and O–H groups in total. The summed E-state index contributed by atoms with van der Waals surface area (Å²) in [5.74, 6) is -1.43. The highest BCUT2D eigenvalue weighted by molar-refractivity contribution is 6.46. The van der Waals surface area contributed by atoms with Crippen LogP contribution in [-0.2, 0) is 16.0 Å². The first-order valence-electron chi connectivity index (χ1n) is 11.7. The molecule has 0 bridgehead atoms. The molecule has 1 amide bonds. The van der Waals surface area contributed by atoms with Crippen molar-refractivity contribution in [1.29, 1.82) is 0 Å². The summed E-state index contributed by atoms with van der Waals surface area (Å²) in [6.07, 6.45) is 1.27. The SMILES string of the molecule is CCCOc1cccc(C(O)=C2C(=O)C(=O)N(CCc3ccccc3)C2c2cccc([N+](=O)[O-])c2)c1. The fourth-order valence-electron chi connectivity index (χ4n) is 4.27. The molecule has 0 saturated carbocycles. The summed E-state index contributed by atoms with van der Waals surface area (Å²) in [5.41, 5.74) is 1.38. The molecule has 3 aromatic rings. The Bertz CT molecular complexity index is 1320. The van der Waals surface area contributed by atoms with Crippen molar-refractivity contribution >= 4 is 23.1 Å². The van der Waals surface area contributed by atoms with Crippen molar-refractivity contribution in [3.63, 3.8) is 0 Å². The smallest absolute Gasteiger partial charge is 0.295 e. The van der Waals surface area contributed by atoms with Gasteiger partial charge in [0.05, 0.1) is 23.1 Å². The zero-order valence-corrected chi connectivity index (χ0v) is 19.8. The molecule has 0 radical (unpaired) electrons. The fourth-order valence-corrected chi connectivity index (χ4v) is 4.27. The van der Waals surface area contributed by atoms with E-state index in [1.165, 1.54) is 23.1 Å². The number of nitrogens with zero attached hydrogens (tertiary/aromatic N) is 2. The van der Waals surface area contributed by atoms with Gasteiger partial charge in [-0.1, -0.05) is 61.5 Å². The molecule has 1 aliphatic heterocycles. The molecule has 8 nitrogen and oxygen atoms in total. The summed E-state index contributed by atoms with van der Waals surface area (Å²) in [5, 5.41) is 22.7. The number of amides is 1. The molecular weight excluding hydrogens is 460 g/mol. The number of hydrogen-bond acceptors (Lipinski definition) is 6. The number of carbonyl (C=O) groups is 2. The standard InChI is InChI=1S/C28H26N2O6/c1-2-16-36-23-13-7-11-21(18-23)26(31)24-25(20-10-6-12-22(17-20)30(34)35)29(28(33)27(24)32)15-14-19-8-4-3-5-9-19/h3-13,17-18,25,31H,2,14-16H2,1H3. The summed E-state index contributed by atoms with van der Waals surface area (Å²) in [6, 6.07) is 21.0. The molecule has 36 heavy (non-hydrogen) atoms. The average molecular weight is 487 g/mol. The molecule has 1 unspecified atom stereocenters. The molecule has 0 aromatic heterocycles. The maximum atomic E-state index is 13.2. The van der Waals surface area contributed by atoms with Crippen LogP contribution in [0.4, 0.5) is 5.69 Å². The van der Waals surface area contributed by atoms with E-state index in [9.17, 15) is 24.8 Å². The van der Waals surface area contributed by atoms with Gasteiger partial charge in [-0.3, -0.25) is 19.7 Å². The number of benzene rings is 3. The van der Waals surface area contributed by atoms with Crippen LogP contribution >= 0.6 is 0 Å². The van der Waals surface area contributed by atoms with E-state index in [-0.39, 0.29) is 23.6 Å². The largest absolute Gasteiger partial charge is 0.507 e. The zero-order valence-electron chi connectivity index (χ0n) is 19.8. The number of aliphatic hydroxyl groups excluding tert-OH is 1. The first-order chi connectivity index (χ1) is 17.4. The van der Waals surface area contributed by atoms with Crippen molar-refractivity contribution in [2.75, 3.05) is 13.2 Å². The Kier molecular flexibility index (Phi) is 7.44. The quantitative estimate of drug-likeness (QED) is 0.149. The Labute approximate surface area is 208 Å². The van der Waals surface area contributed by atoms with Gasteiger partial charge in [0.1, 0.15) is 11.5 Å². The van der Waals surface area contributed by atoms with Gasteiger partial charge < -0.3 is 14.7 Å². The van der Waals surface area contributed by atoms with E-state index in [1.54, 1.807) is 30.3 Å². The predicted octanol–water partition coefficient (Wildman–Crippen LogP) is 5.05. The third-order valence-corrected chi connectivity index (χ3v) is 6.00. The van der Waals surface area contributed by atoms with Gasteiger partial charge in [-0.25, -0.2) is 0 Å². The number of likely N-dealkylation sites (tertiary alicyclic amines) is 1. The molecule has 0 spiro atoms. The summed E-state index contributed by atoms with van der Waals surface area (Å²) >= 11 is 0. The summed E-state index contributed by atoms with van der Waals surface area (Å²) in [6.45, 7) is 2.65. The van der Waals surface area contributed by atoms with E-state index in [2.05, 4.69) is 0 Å². The van der Waals surface area contributed by atoms with Crippen LogP contribution in [-0.4, -0.2) is 39.8 Å². The second-order valence-electron chi connectivity index (χ2n) is 8.46. The number of hydrogen-bond donors (Lipinski definition) is 1. The zero-order chi connectivity index (χ0) is 25.7. The topological polar surface area (TPSA) is 110 Å². The second kappa shape index (κ2) is 10.9. The highest BCUT2D eigenvalue weighted by atomic mass is 16.6. The number of ether oxygens (including phenoxy) is 1. The number of carbonyl (C=O) groups excluding carboxylic acids is 2. The molecular formula is C28H26N2O6. The van der Waals surface area contributed by atoms with Crippen molar-refractivity contribution in [3.05, 3.63) is 111 Å². The first-order valence-corrected chi connectivity index (χ1v) is 11.7. The highest BCUT2D eigenvalue weighted by Crippen LogP contribution is 2.40. The Hall–Kier alpha value is -4.46. The minimum absolute atomic E-state index is 0.110. The van der Waals surface area contributed by atoms with E-state index in [1.807, 2.05) is 37.3 Å². The fraction of sp³-hybridized carbons (Fsp3) is 0.214. The third kappa shape index (κ3) is 5.12. The number of aliphatic hydroxyl groups is 1. The maximum absolute atomic E-state index is 13.2. The number of nitro benzene ring substituents is 1. The molecule has 3 aromatic carbocycles.